The Morgan fingerprint density at radius 2 is 2.27 bits per heavy atom. The first-order valence-corrected chi connectivity index (χ1v) is 5.64. The molecule has 0 saturated heterocycles. The van der Waals surface area contributed by atoms with Crippen molar-refractivity contribution in [3.8, 4) is 10.8 Å². The molecule has 0 fully saturated rings. The van der Waals surface area contributed by atoms with E-state index in [9.17, 15) is 0 Å². The Morgan fingerprint density at radius 3 is 3.07 bits per heavy atom. The first-order valence-electron chi connectivity index (χ1n) is 4.38. The van der Waals surface area contributed by atoms with E-state index in [4.69, 9.17) is 11.6 Å². The zero-order valence-electron chi connectivity index (χ0n) is 7.57. The highest BCUT2D eigenvalue weighted by molar-refractivity contribution is 7.13. The summed E-state index contributed by atoms with van der Waals surface area (Å²) in [6.07, 6.45) is 1.76. The number of aromatic amines is 1. The minimum absolute atomic E-state index is 0.705. The highest BCUT2D eigenvalue weighted by atomic mass is 35.5. The normalized spacial score (nSPS) is 11.0. The van der Waals surface area contributed by atoms with Crippen LogP contribution in [0.15, 0.2) is 29.8 Å². The molecule has 0 atom stereocenters. The van der Waals surface area contributed by atoms with Gasteiger partial charge < -0.3 is 4.98 Å². The van der Waals surface area contributed by atoms with Gasteiger partial charge in [0.1, 0.15) is 0 Å². The standard InChI is InChI=1S/C10H6ClN3S/c11-6-1-2-7-8(5-6)14-9(13-7)10-12-3-4-15-10/h1-5H,(H,13,14). The van der Waals surface area contributed by atoms with Gasteiger partial charge in [-0.2, -0.15) is 0 Å². The van der Waals surface area contributed by atoms with Gasteiger partial charge in [0, 0.05) is 16.6 Å². The van der Waals surface area contributed by atoms with Crippen LogP contribution in [0.3, 0.4) is 0 Å². The molecule has 74 valence electrons. The molecule has 0 aliphatic carbocycles. The molecule has 5 heteroatoms. The SMILES string of the molecule is Clc1ccc2nc(-c3nccs3)[nH]c2c1. The molecule has 3 nitrogen and oxygen atoms in total. The number of benzene rings is 1. The summed E-state index contributed by atoms with van der Waals surface area (Å²) in [5.74, 6) is 0.794. The number of hydrogen-bond acceptors (Lipinski definition) is 3. The van der Waals surface area contributed by atoms with E-state index in [1.165, 1.54) is 0 Å². The lowest BCUT2D eigenvalue weighted by molar-refractivity contribution is 1.29. The first kappa shape index (κ1) is 8.88. The van der Waals surface area contributed by atoms with Crippen molar-refractivity contribution in [1.82, 2.24) is 15.0 Å². The van der Waals surface area contributed by atoms with Crippen LogP contribution in [0.5, 0.6) is 0 Å². The Kier molecular flexibility index (Phi) is 1.97. The zero-order valence-corrected chi connectivity index (χ0v) is 9.14. The van der Waals surface area contributed by atoms with Crippen LogP contribution in [0.4, 0.5) is 0 Å². The van der Waals surface area contributed by atoms with E-state index in [2.05, 4.69) is 15.0 Å². The van der Waals surface area contributed by atoms with Gasteiger partial charge >= 0.3 is 0 Å². The molecule has 15 heavy (non-hydrogen) atoms. The van der Waals surface area contributed by atoms with Crippen LogP contribution >= 0.6 is 22.9 Å². The van der Waals surface area contributed by atoms with Gasteiger partial charge in [-0.05, 0) is 18.2 Å². The van der Waals surface area contributed by atoms with E-state index in [-0.39, 0.29) is 0 Å². The third-order valence-electron chi connectivity index (χ3n) is 2.08. The Balaban J connectivity index is 2.22. The molecule has 0 saturated carbocycles. The molecular weight excluding hydrogens is 230 g/mol. The molecule has 3 aromatic rings. The number of imidazole rings is 1. The Labute approximate surface area is 94.8 Å². The van der Waals surface area contributed by atoms with Crippen LogP contribution in [-0.4, -0.2) is 15.0 Å². The zero-order chi connectivity index (χ0) is 10.3. The average Bonchev–Trinajstić information content (AvgIpc) is 2.84. The van der Waals surface area contributed by atoms with Crippen molar-refractivity contribution < 1.29 is 0 Å². The maximum atomic E-state index is 5.89. The predicted octanol–water partition coefficient (Wildman–Crippen LogP) is 3.34. The van der Waals surface area contributed by atoms with Crippen LogP contribution < -0.4 is 0 Å². The largest absolute Gasteiger partial charge is 0.336 e. The van der Waals surface area contributed by atoms with E-state index in [1.807, 2.05) is 23.6 Å². The summed E-state index contributed by atoms with van der Waals surface area (Å²) in [6, 6.07) is 5.59. The van der Waals surface area contributed by atoms with Crippen molar-refractivity contribution in [2.24, 2.45) is 0 Å². The molecule has 0 amide bonds. The Hall–Kier alpha value is -1.39. The van der Waals surface area contributed by atoms with E-state index >= 15 is 0 Å². The maximum absolute atomic E-state index is 5.89. The Morgan fingerprint density at radius 1 is 1.33 bits per heavy atom. The molecule has 0 aliphatic rings. The van der Waals surface area contributed by atoms with Crippen molar-refractivity contribution in [2.45, 2.75) is 0 Å². The lowest BCUT2D eigenvalue weighted by Crippen LogP contribution is -1.76. The van der Waals surface area contributed by atoms with Crippen molar-refractivity contribution in [3.05, 3.63) is 34.8 Å². The smallest absolute Gasteiger partial charge is 0.167 e. The number of hydrogen-bond donors (Lipinski definition) is 1. The van der Waals surface area contributed by atoms with Crippen LogP contribution in [0.1, 0.15) is 0 Å². The van der Waals surface area contributed by atoms with E-state index < -0.39 is 0 Å². The molecule has 1 aromatic carbocycles. The number of nitrogens with zero attached hydrogens (tertiary/aromatic N) is 2. The van der Waals surface area contributed by atoms with Gasteiger partial charge in [-0.3, -0.25) is 0 Å². The van der Waals surface area contributed by atoms with E-state index in [1.54, 1.807) is 17.5 Å². The molecule has 0 unspecified atom stereocenters. The molecule has 0 spiro atoms. The number of aromatic nitrogens is 3. The third-order valence-corrected chi connectivity index (χ3v) is 3.09. The first-order chi connectivity index (χ1) is 7.33. The summed E-state index contributed by atoms with van der Waals surface area (Å²) in [6.45, 7) is 0. The minimum atomic E-state index is 0.705. The number of halogens is 1. The van der Waals surface area contributed by atoms with Crippen LogP contribution in [0, 0.1) is 0 Å². The number of fused-ring (bicyclic) bond motifs is 1. The maximum Gasteiger partial charge on any atom is 0.167 e. The Bertz CT molecular complexity index is 600. The molecule has 1 N–H and O–H groups in total. The quantitative estimate of drug-likeness (QED) is 0.703. The third kappa shape index (κ3) is 1.52. The van der Waals surface area contributed by atoms with Gasteiger partial charge in [-0.15, -0.1) is 11.3 Å². The van der Waals surface area contributed by atoms with Gasteiger partial charge in [0.25, 0.3) is 0 Å². The lowest BCUT2D eigenvalue weighted by Gasteiger charge is -1.87. The number of nitrogens with one attached hydrogen (secondary N) is 1. The summed E-state index contributed by atoms with van der Waals surface area (Å²) in [7, 11) is 0. The van der Waals surface area contributed by atoms with Crippen LogP contribution in [0.2, 0.25) is 5.02 Å². The van der Waals surface area contributed by atoms with Gasteiger partial charge in [0.05, 0.1) is 11.0 Å². The molecule has 3 rings (SSSR count). The minimum Gasteiger partial charge on any atom is -0.336 e. The van der Waals surface area contributed by atoms with Crippen molar-refractivity contribution in [3.63, 3.8) is 0 Å². The summed E-state index contributed by atoms with van der Waals surface area (Å²) in [5, 5.41) is 3.52. The molecule has 2 aromatic heterocycles. The van der Waals surface area contributed by atoms with Gasteiger partial charge in [-0.25, -0.2) is 9.97 Å². The fourth-order valence-electron chi connectivity index (χ4n) is 1.42. The molecule has 0 aliphatic heterocycles. The summed E-state index contributed by atoms with van der Waals surface area (Å²) >= 11 is 7.45. The van der Waals surface area contributed by atoms with E-state index in [0.29, 0.717) is 5.02 Å². The van der Waals surface area contributed by atoms with E-state index in [0.717, 1.165) is 21.9 Å². The number of rotatable bonds is 1. The fraction of sp³-hybridized carbons (Fsp3) is 0. The second-order valence-corrected chi connectivity index (χ2v) is 4.42. The second-order valence-electron chi connectivity index (χ2n) is 3.08. The average molecular weight is 236 g/mol. The highest BCUT2D eigenvalue weighted by Crippen LogP contribution is 2.23. The number of thiazole rings is 1. The van der Waals surface area contributed by atoms with Gasteiger partial charge in [-0.1, -0.05) is 11.6 Å². The summed E-state index contributed by atoms with van der Waals surface area (Å²) in [4.78, 5) is 11.8. The summed E-state index contributed by atoms with van der Waals surface area (Å²) < 4.78 is 0. The molecule has 0 radical (unpaired) electrons. The van der Waals surface area contributed by atoms with Crippen molar-refractivity contribution >= 4 is 34.0 Å². The second kappa shape index (κ2) is 3.32. The highest BCUT2D eigenvalue weighted by Gasteiger charge is 2.06. The molecule has 0 bridgehead atoms. The van der Waals surface area contributed by atoms with Crippen LogP contribution in [-0.2, 0) is 0 Å². The summed E-state index contributed by atoms with van der Waals surface area (Å²) in [5.41, 5.74) is 1.84. The van der Waals surface area contributed by atoms with Gasteiger partial charge in [0.15, 0.2) is 10.8 Å². The van der Waals surface area contributed by atoms with Crippen molar-refractivity contribution in [2.75, 3.05) is 0 Å². The van der Waals surface area contributed by atoms with Gasteiger partial charge in [0.2, 0.25) is 0 Å². The lowest BCUT2D eigenvalue weighted by atomic mass is 10.3. The molecular formula is C10H6ClN3S. The fourth-order valence-corrected chi connectivity index (χ4v) is 2.18. The monoisotopic (exact) mass is 235 g/mol. The molecule has 2 heterocycles. The van der Waals surface area contributed by atoms with Crippen LogP contribution in [0.25, 0.3) is 21.9 Å². The predicted molar refractivity (Wildman–Crippen MR) is 62.2 cm³/mol. The van der Waals surface area contributed by atoms with Crippen molar-refractivity contribution in [1.29, 1.82) is 0 Å². The number of H-pyrrole nitrogens is 1. The topological polar surface area (TPSA) is 41.6 Å².